The summed E-state index contributed by atoms with van der Waals surface area (Å²) in [4.78, 5) is 60.7. The summed E-state index contributed by atoms with van der Waals surface area (Å²) >= 11 is 0. The summed E-state index contributed by atoms with van der Waals surface area (Å²) in [5.41, 5.74) is -0.247. The number of rotatable bonds is 12. The average molecular weight is 503 g/mol. The Morgan fingerprint density at radius 3 is 2.31 bits per heavy atom. The second kappa shape index (κ2) is 12.7. The van der Waals surface area contributed by atoms with E-state index >= 15 is 0 Å². The number of nitrogens with one attached hydrogen (secondary N) is 3. The zero-order chi connectivity index (χ0) is 27.0. The molecule has 196 valence electrons. The van der Waals surface area contributed by atoms with Gasteiger partial charge >= 0.3 is 12.1 Å². The van der Waals surface area contributed by atoms with Gasteiger partial charge in [-0.15, -0.1) is 12.8 Å². The second-order valence-corrected chi connectivity index (χ2v) is 9.25. The van der Waals surface area contributed by atoms with Crippen LogP contribution in [0.1, 0.15) is 33.1 Å². The van der Waals surface area contributed by atoms with E-state index < -0.39 is 48.4 Å². The smallest absolute Gasteiger partial charge is 0.345 e. The van der Waals surface area contributed by atoms with E-state index in [2.05, 4.69) is 23.5 Å². The lowest BCUT2D eigenvalue weighted by Crippen LogP contribution is -2.54. The molecule has 2 rings (SSSR count). The van der Waals surface area contributed by atoms with Crippen LogP contribution in [0.4, 0.5) is 13.2 Å². The van der Waals surface area contributed by atoms with Crippen LogP contribution >= 0.6 is 0 Å². The Balaban J connectivity index is 0.00000298. The minimum atomic E-state index is -5.12. The molecule has 5 atom stereocenters. The van der Waals surface area contributed by atoms with Gasteiger partial charge in [0.05, 0.1) is 12.6 Å². The van der Waals surface area contributed by atoms with Crippen LogP contribution in [0.25, 0.3) is 0 Å². The molecular weight excluding hydrogens is 469 g/mol. The van der Waals surface area contributed by atoms with Crippen LogP contribution in [0, 0.1) is 36.0 Å². The molecule has 12 heteroatoms. The third-order valence-electron chi connectivity index (χ3n) is 6.70. The summed E-state index contributed by atoms with van der Waals surface area (Å²) < 4.78 is 37.2. The van der Waals surface area contributed by atoms with Crippen molar-refractivity contribution in [1.82, 2.24) is 20.9 Å². The standard InChI is InChI=1S/C21H31F3N4O5.C2H2/c1-20(2)14-9-28(15(31)8-26-19(33)21(22,23)24)17(16(14)20)18(32)27-13(11-30)7-12(10-29)5-4-6-25-3;1-2/h10-14,16-17,25H,4-9H2,1-3H3,(H,26,33)(H,27,32);1-2H/t12-,13-,14?,16?,17-;/m0./s1. The van der Waals surface area contributed by atoms with E-state index in [9.17, 15) is 37.1 Å². The van der Waals surface area contributed by atoms with Crippen molar-refractivity contribution in [1.29, 1.82) is 0 Å². The summed E-state index contributed by atoms with van der Waals surface area (Å²) in [6.45, 7) is 3.83. The highest BCUT2D eigenvalue weighted by molar-refractivity contribution is 5.93. The molecule has 0 aromatic rings. The van der Waals surface area contributed by atoms with Crippen molar-refractivity contribution in [2.75, 3.05) is 26.7 Å². The Morgan fingerprint density at radius 2 is 1.80 bits per heavy atom. The number of carbonyl (C=O) groups is 5. The molecule has 2 aliphatic rings. The second-order valence-electron chi connectivity index (χ2n) is 9.25. The van der Waals surface area contributed by atoms with Gasteiger partial charge in [-0.2, -0.15) is 13.2 Å². The number of hydrogen-bond acceptors (Lipinski definition) is 6. The molecule has 35 heavy (non-hydrogen) atoms. The number of hydrogen-bond donors (Lipinski definition) is 3. The van der Waals surface area contributed by atoms with Gasteiger partial charge in [-0.05, 0) is 50.1 Å². The predicted octanol–water partition coefficient (Wildman–Crippen LogP) is 0.286. The highest BCUT2D eigenvalue weighted by atomic mass is 19.4. The molecule has 2 unspecified atom stereocenters. The van der Waals surface area contributed by atoms with Crippen LogP contribution in [-0.2, 0) is 24.0 Å². The number of likely N-dealkylation sites (tertiary alicyclic amines) is 1. The van der Waals surface area contributed by atoms with E-state index in [0.717, 1.165) is 6.29 Å². The molecule has 3 N–H and O–H groups in total. The molecule has 0 radical (unpaired) electrons. The van der Waals surface area contributed by atoms with E-state index in [-0.39, 0.29) is 30.2 Å². The summed E-state index contributed by atoms with van der Waals surface area (Å²) in [5.74, 6) is -4.31. The molecule has 0 spiro atoms. The molecule has 1 saturated carbocycles. The molecule has 3 amide bonds. The summed E-state index contributed by atoms with van der Waals surface area (Å²) in [7, 11) is 1.78. The van der Waals surface area contributed by atoms with E-state index in [1.54, 1.807) is 7.05 Å². The molecule has 1 aliphatic carbocycles. The number of fused-ring (bicyclic) bond motifs is 1. The normalized spacial score (nSPS) is 23.5. The first-order valence-corrected chi connectivity index (χ1v) is 11.2. The molecular formula is C23H33F3N4O5. The van der Waals surface area contributed by atoms with Crippen LogP contribution in [0.5, 0.6) is 0 Å². The van der Waals surface area contributed by atoms with Gasteiger partial charge in [0.15, 0.2) is 0 Å². The Bertz CT molecular complexity index is 815. The van der Waals surface area contributed by atoms with Gasteiger partial charge in [-0.1, -0.05) is 13.8 Å². The predicted molar refractivity (Wildman–Crippen MR) is 121 cm³/mol. The zero-order valence-electron chi connectivity index (χ0n) is 20.1. The average Bonchev–Trinajstić information content (AvgIpc) is 3.14. The molecule has 9 nitrogen and oxygen atoms in total. The molecule has 0 bridgehead atoms. The van der Waals surface area contributed by atoms with Crippen molar-refractivity contribution in [3.63, 3.8) is 0 Å². The molecule has 0 aromatic heterocycles. The number of terminal acetylenes is 1. The topological polar surface area (TPSA) is 125 Å². The van der Waals surface area contributed by atoms with E-state index in [1.165, 1.54) is 10.2 Å². The Labute approximate surface area is 202 Å². The first-order valence-electron chi connectivity index (χ1n) is 11.2. The Morgan fingerprint density at radius 1 is 1.17 bits per heavy atom. The van der Waals surface area contributed by atoms with E-state index in [4.69, 9.17) is 0 Å². The van der Waals surface area contributed by atoms with Gasteiger partial charge in [-0.3, -0.25) is 14.4 Å². The molecule has 2 fully saturated rings. The highest BCUT2D eigenvalue weighted by Gasteiger charge is 2.69. The number of piperidine rings is 1. The number of amides is 3. The maximum Gasteiger partial charge on any atom is 0.471 e. The van der Waals surface area contributed by atoms with Gasteiger partial charge in [0.25, 0.3) is 0 Å². The minimum Gasteiger partial charge on any atom is -0.345 e. The van der Waals surface area contributed by atoms with Crippen molar-refractivity contribution >= 4 is 30.3 Å². The number of carbonyl (C=O) groups excluding carboxylic acids is 5. The maximum absolute atomic E-state index is 13.1. The molecule has 1 saturated heterocycles. The van der Waals surface area contributed by atoms with E-state index in [0.29, 0.717) is 25.7 Å². The van der Waals surface area contributed by atoms with Gasteiger partial charge in [-0.25, -0.2) is 0 Å². The van der Waals surface area contributed by atoms with Gasteiger partial charge in [0.2, 0.25) is 11.8 Å². The summed E-state index contributed by atoms with van der Waals surface area (Å²) in [5, 5.41) is 7.08. The molecule has 1 heterocycles. The lowest BCUT2D eigenvalue weighted by Gasteiger charge is -2.31. The highest BCUT2D eigenvalue weighted by Crippen LogP contribution is 2.64. The lowest BCUT2D eigenvalue weighted by molar-refractivity contribution is -0.174. The quantitative estimate of drug-likeness (QED) is 0.200. The fraction of sp³-hybridized carbons (Fsp3) is 0.696. The van der Waals surface area contributed by atoms with Crippen molar-refractivity contribution in [3.8, 4) is 12.8 Å². The Kier molecular flexibility index (Phi) is 10.9. The van der Waals surface area contributed by atoms with Crippen LogP contribution in [0.15, 0.2) is 0 Å². The van der Waals surface area contributed by atoms with Gasteiger partial charge in [0.1, 0.15) is 18.6 Å². The van der Waals surface area contributed by atoms with E-state index in [1.807, 2.05) is 13.8 Å². The largest absolute Gasteiger partial charge is 0.471 e. The summed E-state index contributed by atoms with van der Waals surface area (Å²) in [6, 6.07) is -1.91. The molecule has 1 aliphatic heterocycles. The zero-order valence-corrected chi connectivity index (χ0v) is 20.1. The van der Waals surface area contributed by atoms with Crippen molar-refractivity contribution in [2.24, 2.45) is 23.2 Å². The summed E-state index contributed by atoms with van der Waals surface area (Å²) in [6.07, 6.45) is 5.52. The van der Waals surface area contributed by atoms with Crippen molar-refractivity contribution in [2.45, 2.75) is 51.4 Å². The Hall–Kier alpha value is -2.94. The van der Waals surface area contributed by atoms with Crippen molar-refractivity contribution < 1.29 is 37.1 Å². The molecule has 0 aromatic carbocycles. The monoisotopic (exact) mass is 502 g/mol. The number of halogens is 3. The number of aldehydes is 2. The fourth-order valence-electron chi connectivity index (χ4n) is 4.73. The first kappa shape index (κ1) is 30.1. The SMILES string of the molecule is C#C.CNCCC[C@H](C=O)C[C@@H](C=O)NC(=O)[C@@H]1C2C(CN1C(=O)CNC(=O)C(F)(F)F)C2(C)C. The number of nitrogens with zero attached hydrogens (tertiary/aromatic N) is 1. The van der Waals surface area contributed by atoms with Gasteiger partial charge in [0, 0.05) is 12.5 Å². The fourth-order valence-corrected chi connectivity index (χ4v) is 4.73. The maximum atomic E-state index is 13.1. The van der Waals surface area contributed by atoms with Crippen LogP contribution in [-0.4, -0.2) is 80.1 Å². The first-order chi connectivity index (χ1) is 16.4. The third-order valence-corrected chi connectivity index (χ3v) is 6.70. The van der Waals surface area contributed by atoms with Gasteiger partial charge < -0.3 is 30.4 Å². The van der Waals surface area contributed by atoms with Crippen LogP contribution < -0.4 is 16.0 Å². The van der Waals surface area contributed by atoms with Crippen LogP contribution in [0.3, 0.4) is 0 Å². The minimum absolute atomic E-state index is 0.0190. The van der Waals surface area contributed by atoms with Crippen LogP contribution in [0.2, 0.25) is 0 Å². The van der Waals surface area contributed by atoms with Crippen molar-refractivity contribution in [3.05, 3.63) is 0 Å². The lowest BCUT2D eigenvalue weighted by atomic mass is 9.96. The third kappa shape index (κ3) is 7.52. The number of alkyl halides is 3.